The number of allylic oxidation sites excluding steroid dienone is 2. The number of benzene rings is 2. The normalized spacial score (nSPS) is 12.2. The number of pyridine rings is 1. The molecule has 251 valence electrons. The fourth-order valence-corrected chi connectivity index (χ4v) is 9.20. The molecule has 1 N–H and O–H groups in total. The zero-order valence-electron chi connectivity index (χ0n) is 29.6. The molecule has 0 fully saturated rings. The van der Waals surface area contributed by atoms with E-state index in [4.69, 9.17) is 4.98 Å². The number of hydrogen-bond acceptors (Lipinski definition) is 4. The summed E-state index contributed by atoms with van der Waals surface area (Å²) in [7, 11) is -1.11. The molecule has 0 spiro atoms. The molecule has 4 aromatic rings. The van der Waals surface area contributed by atoms with Crippen LogP contribution in [0.25, 0.3) is 32.5 Å². The molecular formula is C40H54IrNO2SSi-. The number of nitrogens with zero attached hydrogens (tertiary/aromatic N) is 1. The Morgan fingerprint density at radius 3 is 2.15 bits per heavy atom. The second-order valence-electron chi connectivity index (χ2n) is 14.3. The van der Waals surface area contributed by atoms with Crippen LogP contribution in [-0.4, -0.2) is 23.9 Å². The number of thiophene rings is 1. The summed E-state index contributed by atoms with van der Waals surface area (Å²) < 4.78 is 0. The molecule has 0 atom stereocenters. The summed E-state index contributed by atoms with van der Waals surface area (Å²) in [6, 6.07) is 24.6. The van der Waals surface area contributed by atoms with Gasteiger partial charge in [0.2, 0.25) is 0 Å². The van der Waals surface area contributed by atoms with Gasteiger partial charge in [-0.05, 0) is 60.9 Å². The molecule has 0 saturated carbocycles. The number of aromatic nitrogens is 1. The van der Waals surface area contributed by atoms with Crippen LogP contribution in [0.2, 0.25) is 19.6 Å². The third-order valence-corrected chi connectivity index (χ3v) is 11.2. The first kappa shape index (κ1) is 39.8. The van der Waals surface area contributed by atoms with E-state index in [1.165, 1.54) is 38.4 Å². The van der Waals surface area contributed by atoms with E-state index in [1.54, 1.807) is 0 Å². The average Bonchev–Trinajstić information content (AvgIpc) is 3.44. The molecule has 0 saturated heterocycles. The molecule has 46 heavy (non-hydrogen) atoms. The van der Waals surface area contributed by atoms with Gasteiger partial charge in [-0.1, -0.05) is 103 Å². The largest absolute Gasteiger partial charge is 0.512 e. The topological polar surface area (TPSA) is 50.2 Å². The molecule has 2 aromatic carbocycles. The maximum atomic E-state index is 11.7. The second-order valence-corrected chi connectivity index (χ2v) is 21.0. The maximum absolute atomic E-state index is 11.7. The van der Waals surface area contributed by atoms with Gasteiger partial charge in [0.1, 0.15) is 0 Å². The Bertz CT molecular complexity index is 1590. The first-order chi connectivity index (χ1) is 21.2. The smallest absolute Gasteiger partial charge is 0.162 e. The van der Waals surface area contributed by atoms with E-state index in [0.717, 1.165) is 42.3 Å². The summed E-state index contributed by atoms with van der Waals surface area (Å²) >= 11 is 1.92. The fraction of sp³-hybridized carbons (Fsp3) is 0.450. The van der Waals surface area contributed by atoms with E-state index >= 15 is 0 Å². The quantitative estimate of drug-likeness (QED) is 0.0709. The van der Waals surface area contributed by atoms with E-state index in [2.05, 4.69) is 101 Å². The number of aliphatic hydroxyl groups is 1. The van der Waals surface area contributed by atoms with Crippen molar-refractivity contribution < 1.29 is 30.0 Å². The van der Waals surface area contributed by atoms with Crippen LogP contribution in [0.15, 0.2) is 72.6 Å². The number of aliphatic hydroxyl groups excluding tert-OH is 1. The number of rotatable bonds is 11. The van der Waals surface area contributed by atoms with Gasteiger partial charge in [0.25, 0.3) is 0 Å². The van der Waals surface area contributed by atoms with Gasteiger partial charge in [-0.3, -0.25) is 9.78 Å². The predicted octanol–water partition coefficient (Wildman–Crippen LogP) is 12.0. The molecule has 4 rings (SSSR count). The average molecular weight is 833 g/mol. The van der Waals surface area contributed by atoms with Gasteiger partial charge in [-0.25, -0.2) is 0 Å². The van der Waals surface area contributed by atoms with Gasteiger partial charge in [0.15, 0.2) is 5.78 Å². The summed E-state index contributed by atoms with van der Waals surface area (Å²) in [6.45, 7) is 22.2. The maximum Gasteiger partial charge on any atom is 0.162 e. The predicted molar refractivity (Wildman–Crippen MR) is 199 cm³/mol. The SMILES string of the molecule is CC(C)(C)c1cc(-c2cc(-c3ccc(C[Si](C)(C)C)s3)ccn2)[c-]c2ccccc12.CCC(CC)C(=O)/C=C(\O)C(CC)CC.[Ir]. The Hall–Kier alpha value is -2.37. The van der Waals surface area contributed by atoms with E-state index in [-0.39, 0.29) is 48.9 Å². The Kier molecular flexibility index (Phi) is 15.3. The number of carbonyl (C=O) groups excluding carboxylic acids is 1. The van der Waals surface area contributed by atoms with Crippen LogP contribution in [-0.2, 0) is 36.4 Å². The van der Waals surface area contributed by atoms with Gasteiger partial charge in [-0.2, -0.15) is 0 Å². The van der Waals surface area contributed by atoms with Crippen molar-refractivity contribution in [3.05, 3.63) is 89.1 Å². The minimum Gasteiger partial charge on any atom is -0.512 e. The van der Waals surface area contributed by atoms with E-state index in [1.807, 2.05) is 45.2 Å². The Morgan fingerprint density at radius 2 is 1.57 bits per heavy atom. The van der Waals surface area contributed by atoms with Gasteiger partial charge in [0.05, 0.1) is 5.76 Å². The second kappa shape index (κ2) is 17.7. The summed E-state index contributed by atoms with van der Waals surface area (Å²) in [5, 5.41) is 12.2. The van der Waals surface area contributed by atoms with Crippen LogP contribution in [0, 0.1) is 17.9 Å². The third kappa shape index (κ3) is 11.1. The van der Waals surface area contributed by atoms with Crippen molar-refractivity contribution in [2.75, 3.05) is 0 Å². The van der Waals surface area contributed by atoms with Crippen LogP contribution < -0.4 is 0 Å². The number of carbonyl (C=O) groups is 1. The van der Waals surface area contributed by atoms with Crippen molar-refractivity contribution in [2.24, 2.45) is 11.8 Å². The first-order valence-electron chi connectivity index (χ1n) is 16.7. The van der Waals surface area contributed by atoms with Crippen molar-refractivity contribution in [3.63, 3.8) is 0 Å². The van der Waals surface area contributed by atoms with Gasteiger partial charge < -0.3 is 5.11 Å². The molecule has 2 heterocycles. The summed E-state index contributed by atoms with van der Waals surface area (Å²) in [4.78, 5) is 19.2. The molecule has 2 aromatic heterocycles. The van der Waals surface area contributed by atoms with Crippen molar-refractivity contribution in [1.82, 2.24) is 4.98 Å². The zero-order chi connectivity index (χ0) is 33.4. The standard InChI is InChI=1S/C27H30NSSi.C13H24O2.Ir/c1-27(2,3)24-16-21(15-19-9-7-8-10-23(19)24)25-17-20(13-14-28-25)26-12-11-22(29-26)18-30(4,5)6;1-5-10(6-2)12(14)9-13(15)11(7-3)8-4;/h7-14,16-17H,18H2,1-6H3;9-11,14H,5-8H2,1-4H3;/q-1;;/b;12-9-;. The molecule has 0 unspecified atom stereocenters. The van der Waals surface area contributed by atoms with E-state index in [0.29, 0.717) is 0 Å². The van der Waals surface area contributed by atoms with Crippen molar-refractivity contribution >= 4 is 36.0 Å². The van der Waals surface area contributed by atoms with Gasteiger partial charge in [0, 0.05) is 67.7 Å². The minimum atomic E-state index is -1.11. The minimum absolute atomic E-state index is 0. The molecule has 0 aliphatic heterocycles. The van der Waals surface area contributed by atoms with Crippen LogP contribution in [0.5, 0.6) is 0 Å². The fourth-order valence-electron chi connectivity index (χ4n) is 5.65. The third-order valence-electron chi connectivity index (χ3n) is 8.35. The molecule has 0 amide bonds. The van der Waals surface area contributed by atoms with E-state index < -0.39 is 8.07 Å². The van der Waals surface area contributed by atoms with Crippen molar-refractivity contribution in [3.8, 4) is 21.7 Å². The Balaban J connectivity index is 0.000000394. The molecule has 0 bridgehead atoms. The van der Waals surface area contributed by atoms with Crippen LogP contribution in [0.1, 0.15) is 84.6 Å². The molecular weight excluding hydrogens is 779 g/mol. The molecule has 0 aliphatic rings. The van der Waals surface area contributed by atoms with Crippen LogP contribution in [0.3, 0.4) is 0 Å². The summed E-state index contributed by atoms with van der Waals surface area (Å²) in [5.74, 6) is 0.547. The number of ketones is 1. The van der Waals surface area contributed by atoms with Crippen molar-refractivity contribution in [1.29, 1.82) is 0 Å². The molecule has 3 nitrogen and oxygen atoms in total. The molecule has 0 aliphatic carbocycles. The number of hydrogen-bond donors (Lipinski definition) is 1. The van der Waals surface area contributed by atoms with E-state index in [9.17, 15) is 9.90 Å². The van der Waals surface area contributed by atoms with Gasteiger partial charge in [-0.15, -0.1) is 40.5 Å². The van der Waals surface area contributed by atoms with Crippen LogP contribution >= 0.6 is 11.3 Å². The summed E-state index contributed by atoms with van der Waals surface area (Å²) in [6.07, 6.45) is 6.84. The van der Waals surface area contributed by atoms with Gasteiger partial charge >= 0.3 is 0 Å². The summed E-state index contributed by atoms with van der Waals surface area (Å²) in [5.41, 5.74) is 4.70. The molecule has 1 radical (unpaired) electrons. The van der Waals surface area contributed by atoms with Crippen molar-refractivity contribution in [2.45, 2.75) is 105 Å². The Morgan fingerprint density at radius 1 is 0.935 bits per heavy atom. The monoisotopic (exact) mass is 833 g/mol. The first-order valence-corrected chi connectivity index (χ1v) is 21.2. The Labute approximate surface area is 297 Å². The zero-order valence-corrected chi connectivity index (χ0v) is 33.8. The number of fused-ring (bicyclic) bond motifs is 1. The van der Waals surface area contributed by atoms with Crippen LogP contribution in [0.4, 0.5) is 0 Å². The molecule has 6 heteroatoms.